The van der Waals surface area contributed by atoms with Crippen LogP contribution in [0.15, 0.2) is 18.2 Å². The van der Waals surface area contributed by atoms with Crippen LogP contribution in [0.25, 0.3) is 0 Å². The van der Waals surface area contributed by atoms with Crippen LogP contribution in [0.2, 0.25) is 0 Å². The summed E-state index contributed by atoms with van der Waals surface area (Å²) in [5.41, 5.74) is 0.212. The molecule has 2 rings (SSSR count). The van der Waals surface area contributed by atoms with Crippen LogP contribution in [-0.4, -0.2) is 24.6 Å². The lowest BCUT2D eigenvalue weighted by molar-refractivity contribution is 0.392. The molecule has 1 aromatic rings. The molecule has 1 nitrogen and oxygen atoms in total. The van der Waals surface area contributed by atoms with Crippen LogP contribution in [0, 0.1) is 17.6 Å². The van der Waals surface area contributed by atoms with Gasteiger partial charge in [-0.05, 0) is 49.4 Å². The number of halogens is 2. The van der Waals surface area contributed by atoms with Gasteiger partial charge in [0.1, 0.15) is 11.6 Å². The Labute approximate surface area is 105 Å². The maximum atomic E-state index is 13.6. The van der Waals surface area contributed by atoms with E-state index in [1.807, 2.05) is 18.8 Å². The first-order valence-electron chi connectivity index (χ1n) is 5.90. The maximum absolute atomic E-state index is 13.6. The van der Waals surface area contributed by atoms with Crippen LogP contribution in [0.1, 0.15) is 12.0 Å². The van der Waals surface area contributed by atoms with Crippen LogP contribution < -0.4 is 5.32 Å². The second kappa shape index (κ2) is 5.83. The highest BCUT2D eigenvalue weighted by Crippen LogP contribution is 2.28. The molecule has 2 atom stereocenters. The van der Waals surface area contributed by atoms with Gasteiger partial charge in [0.15, 0.2) is 0 Å². The van der Waals surface area contributed by atoms with Crippen LogP contribution in [0.3, 0.4) is 0 Å². The van der Waals surface area contributed by atoms with Gasteiger partial charge in [-0.3, -0.25) is 0 Å². The molecule has 1 N–H and O–H groups in total. The standard InChI is InChI=1S/C13H17F2NS/c1-16-13(9-5-6-17-8-9)7-10-11(14)3-2-4-12(10)15/h2-4,9,13,16H,5-8H2,1H3. The summed E-state index contributed by atoms with van der Waals surface area (Å²) < 4.78 is 27.1. The van der Waals surface area contributed by atoms with Gasteiger partial charge in [-0.2, -0.15) is 11.8 Å². The highest BCUT2D eigenvalue weighted by atomic mass is 32.2. The van der Waals surface area contributed by atoms with E-state index in [0.717, 1.165) is 17.9 Å². The molecule has 1 aliphatic rings. The molecule has 0 aromatic heterocycles. The highest BCUT2D eigenvalue weighted by molar-refractivity contribution is 7.99. The number of nitrogens with one attached hydrogen (secondary N) is 1. The molecule has 0 aliphatic carbocycles. The normalized spacial score (nSPS) is 21.7. The predicted molar refractivity (Wildman–Crippen MR) is 68.3 cm³/mol. The zero-order chi connectivity index (χ0) is 12.3. The molecule has 94 valence electrons. The SMILES string of the molecule is CNC(Cc1c(F)cccc1F)C1CCSC1. The fraction of sp³-hybridized carbons (Fsp3) is 0.538. The summed E-state index contributed by atoms with van der Waals surface area (Å²) in [4.78, 5) is 0. The van der Waals surface area contributed by atoms with Crippen LogP contribution in [0.5, 0.6) is 0 Å². The number of benzene rings is 1. The maximum Gasteiger partial charge on any atom is 0.129 e. The van der Waals surface area contributed by atoms with Crippen LogP contribution >= 0.6 is 11.8 Å². The summed E-state index contributed by atoms with van der Waals surface area (Å²) in [5.74, 6) is 1.89. The minimum absolute atomic E-state index is 0.163. The van der Waals surface area contributed by atoms with E-state index in [-0.39, 0.29) is 11.6 Å². The van der Waals surface area contributed by atoms with Gasteiger partial charge in [0.2, 0.25) is 0 Å². The Balaban J connectivity index is 2.12. The fourth-order valence-corrected chi connectivity index (χ4v) is 3.66. The molecule has 0 saturated carbocycles. The lowest BCUT2D eigenvalue weighted by atomic mass is 9.93. The molecule has 4 heteroatoms. The fourth-order valence-electron chi connectivity index (χ4n) is 2.32. The number of hydrogen-bond acceptors (Lipinski definition) is 2. The van der Waals surface area contributed by atoms with Crippen molar-refractivity contribution in [3.63, 3.8) is 0 Å². The van der Waals surface area contributed by atoms with E-state index in [2.05, 4.69) is 5.32 Å². The second-order valence-corrected chi connectivity index (χ2v) is 5.57. The van der Waals surface area contributed by atoms with Gasteiger partial charge < -0.3 is 5.32 Å². The number of rotatable bonds is 4. The molecule has 1 heterocycles. The van der Waals surface area contributed by atoms with E-state index < -0.39 is 11.6 Å². The Morgan fingerprint density at radius 3 is 2.65 bits per heavy atom. The summed E-state index contributed by atoms with van der Waals surface area (Å²) >= 11 is 1.92. The zero-order valence-corrected chi connectivity index (χ0v) is 10.7. The Morgan fingerprint density at radius 1 is 1.41 bits per heavy atom. The van der Waals surface area contributed by atoms with Gasteiger partial charge in [0, 0.05) is 11.6 Å². The van der Waals surface area contributed by atoms with E-state index in [9.17, 15) is 8.78 Å². The van der Waals surface area contributed by atoms with E-state index >= 15 is 0 Å². The summed E-state index contributed by atoms with van der Waals surface area (Å²) in [5, 5.41) is 3.20. The van der Waals surface area contributed by atoms with E-state index in [1.54, 1.807) is 0 Å². The van der Waals surface area contributed by atoms with E-state index in [0.29, 0.717) is 12.3 Å². The van der Waals surface area contributed by atoms with Gasteiger partial charge in [-0.15, -0.1) is 0 Å². The third-order valence-electron chi connectivity index (χ3n) is 3.39. The number of hydrogen-bond donors (Lipinski definition) is 1. The third kappa shape index (κ3) is 2.99. The Bertz CT molecular complexity index is 357. The Morgan fingerprint density at radius 2 is 2.12 bits per heavy atom. The largest absolute Gasteiger partial charge is 0.316 e. The third-order valence-corrected chi connectivity index (χ3v) is 4.58. The van der Waals surface area contributed by atoms with Gasteiger partial charge in [-0.1, -0.05) is 6.07 Å². The molecule has 0 spiro atoms. The monoisotopic (exact) mass is 257 g/mol. The molecule has 1 aliphatic heterocycles. The van der Waals surface area contributed by atoms with E-state index in [1.165, 1.54) is 18.2 Å². The first-order chi connectivity index (χ1) is 8.22. The molecular weight excluding hydrogens is 240 g/mol. The second-order valence-electron chi connectivity index (χ2n) is 4.42. The van der Waals surface area contributed by atoms with Crippen molar-refractivity contribution in [3.8, 4) is 0 Å². The van der Waals surface area contributed by atoms with Gasteiger partial charge in [-0.25, -0.2) is 8.78 Å². The minimum atomic E-state index is -0.434. The molecule has 1 fully saturated rings. The van der Waals surface area contributed by atoms with Crippen molar-refractivity contribution < 1.29 is 8.78 Å². The predicted octanol–water partition coefficient (Wildman–Crippen LogP) is 2.85. The summed E-state index contributed by atoms with van der Waals surface area (Å²) in [6, 6.07) is 4.23. The molecule has 1 saturated heterocycles. The highest BCUT2D eigenvalue weighted by Gasteiger charge is 2.26. The summed E-state index contributed by atoms with van der Waals surface area (Å²) in [6.45, 7) is 0. The summed E-state index contributed by atoms with van der Waals surface area (Å²) in [7, 11) is 1.87. The zero-order valence-electron chi connectivity index (χ0n) is 9.88. The van der Waals surface area contributed by atoms with Crippen LogP contribution in [0.4, 0.5) is 8.78 Å². The lowest BCUT2D eigenvalue weighted by Gasteiger charge is -2.22. The van der Waals surface area contributed by atoms with Crippen molar-refractivity contribution in [2.24, 2.45) is 5.92 Å². The topological polar surface area (TPSA) is 12.0 Å². The molecule has 1 aromatic carbocycles. The van der Waals surface area contributed by atoms with Crippen LogP contribution in [-0.2, 0) is 6.42 Å². The molecule has 0 radical (unpaired) electrons. The minimum Gasteiger partial charge on any atom is -0.316 e. The van der Waals surface area contributed by atoms with Crippen molar-refractivity contribution >= 4 is 11.8 Å². The van der Waals surface area contributed by atoms with Crippen molar-refractivity contribution in [2.45, 2.75) is 18.9 Å². The molecule has 2 unspecified atom stereocenters. The van der Waals surface area contributed by atoms with Crippen molar-refractivity contribution in [1.29, 1.82) is 0 Å². The quantitative estimate of drug-likeness (QED) is 0.890. The lowest BCUT2D eigenvalue weighted by Crippen LogP contribution is -2.36. The average Bonchev–Trinajstić information content (AvgIpc) is 2.82. The Kier molecular flexibility index (Phi) is 4.40. The average molecular weight is 257 g/mol. The smallest absolute Gasteiger partial charge is 0.129 e. The van der Waals surface area contributed by atoms with Crippen molar-refractivity contribution in [2.75, 3.05) is 18.6 Å². The van der Waals surface area contributed by atoms with Crippen molar-refractivity contribution in [3.05, 3.63) is 35.4 Å². The Hall–Kier alpha value is -0.610. The number of likely N-dealkylation sites (N-methyl/N-ethyl adjacent to an activating group) is 1. The molecule has 0 amide bonds. The van der Waals surface area contributed by atoms with E-state index in [4.69, 9.17) is 0 Å². The molecule has 17 heavy (non-hydrogen) atoms. The van der Waals surface area contributed by atoms with Gasteiger partial charge in [0.25, 0.3) is 0 Å². The first kappa shape index (κ1) is 12.8. The summed E-state index contributed by atoms with van der Waals surface area (Å²) in [6.07, 6.45) is 1.56. The molecule has 0 bridgehead atoms. The van der Waals surface area contributed by atoms with Crippen molar-refractivity contribution in [1.82, 2.24) is 5.32 Å². The van der Waals surface area contributed by atoms with Gasteiger partial charge >= 0.3 is 0 Å². The number of thioether (sulfide) groups is 1. The first-order valence-corrected chi connectivity index (χ1v) is 7.05. The molecular formula is C13H17F2NS. The van der Waals surface area contributed by atoms with Gasteiger partial charge in [0.05, 0.1) is 0 Å².